The van der Waals surface area contributed by atoms with Crippen LogP contribution >= 0.6 is 23.1 Å². The molecule has 1 amide bonds. The maximum absolute atomic E-state index is 13.3. The summed E-state index contributed by atoms with van der Waals surface area (Å²) >= 11 is 3.56. The molecule has 4 nitrogen and oxygen atoms in total. The van der Waals surface area contributed by atoms with Gasteiger partial charge in [0.05, 0.1) is 12.2 Å². The van der Waals surface area contributed by atoms with E-state index in [1.54, 1.807) is 29.3 Å². The van der Waals surface area contributed by atoms with Crippen LogP contribution in [-0.2, 0) is 11.2 Å². The van der Waals surface area contributed by atoms with Gasteiger partial charge in [-0.25, -0.2) is 4.68 Å². The fourth-order valence-electron chi connectivity index (χ4n) is 3.57. The second-order valence-corrected chi connectivity index (χ2v) is 8.29. The van der Waals surface area contributed by atoms with Crippen molar-refractivity contribution in [2.45, 2.75) is 44.0 Å². The van der Waals surface area contributed by atoms with Gasteiger partial charge in [-0.15, -0.1) is 23.1 Å². The Bertz CT molecular complexity index is 708. The third-order valence-electron chi connectivity index (χ3n) is 4.57. The highest BCUT2D eigenvalue weighted by Crippen LogP contribution is 2.43. The highest BCUT2D eigenvalue weighted by molar-refractivity contribution is 8.00. The highest BCUT2D eigenvalue weighted by atomic mass is 32.2. The number of nitrogens with zero attached hydrogens (tertiary/aromatic N) is 3. The topological polar surface area (TPSA) is 38.1 Å². The number of carbonyl (C=O) groups is 1. The minimum absolute atomic E-state index is 0.0609. The quantitative estimate of drug-likeness (QED) is 0.799. The number of hydrogen-bond acceptors (Lipinski definition) is 4. The second-order valence-electron chi connectivity index (χ2n) is 6.08. The summed E-state index contributed by atoms with van der Waals surface area (Å²) in [5.41, 5.74) is 1.23. The van der Waals surface area contributed by atoms with Crippen LogP contribution in [0.2, 0.25) is 0 Å². The van der Waals surface area contributed by atoms with Gasteiger partial charge in [-0.3, -0.25) is 9.69 Å². The number of thioether (sulfide) groups is 1. The Balaban J connectivity index is 1.71. The van der Waals surface area contributed by atoms with Crippen molar-refractivity contribution in [3.63, 3.8) is 0 Å². The molecule has 2 aliphatic heterocycles. The predicted octanol–water partition coefficient (Wildman–Crippen LogP) is 3.66. The van der Waals surface area contributed by atoms with Crippen molar-refractivity contribution in [1.29, 1.82) is 0 Å². The Labute approximate surface area is 138 Å². The van der Waals surface area contributed by atoms with Crippen LogP contribution in [0.25, 0.3) is 0 Å². The van der Waals surface area contributed by atoms with E-state index in [9.17, 15) is 4.79 Å². The lowest BCUT2D eigenvalue weighted by Crippen LogP contribution is -2.46. The van der Waals surface area contributed by atoms with Crippen molar-refractivity contribution in [2.75, 3.05) is 10.7 Å². The van der Waals surface area contributed by atoms with Crippen LogP contribution in [0.4, 0.5) is 5.82 Å². The SMILES string of the molecule is CC1CC(C)n2nccc2N1C(=O)C1SCCc2sccc21. The minimum atomic E-state index is -0.0609. The summed E-state index contributed by atoms with van der Waals surface area (Å²) in [6, 6.07) is 4.66. The molecule has 4 heterocycles. The Morgan fingerprint density at radius 3 is 3.05 bits per heavy atom. The van der Waals surface area contributed by atoms with E-state index in [1.165, 1.54) is 10.4 Å². The van der Waals surface area contributed by atoms with Crippen molar-refractivity contribution in [3.05, 3.63) is 34.2 Å². The van der Waals surface area contributed by atoms with Crippen LogP contribution in [0.1, 0.15) is 42.0 Å². The molecule has 3 unspecified atom stereocenters. The van der Waals surface area contributed by atoms with Gasteiger partial charge in [-0.1, -0.05) is 0 Å². The third kappa shape index (κ3) is 2.12. The molecule has 116 valence electrons. The molecule has 2 aromatic rings. The Morgan fingerprint density at radius 2 is 2.18 bits per heavy atom. The summed E-state index contributed by atoms with van der Waals surface area (Å²) < 4.78 is 1.99. The maximum Gasteiger partial charge on any atom is 0.246 e. The summed E-state index contributed by atoms with van der Waals surface area (Å²) in [6.07, 6.45) is 3.84. The lowest BCUT2D eigenvalue weighted by atomic mass is 10.0. The monoisotopic (exact) mass is 333 g/mol. The van der Waals surface area contributed by atoms with Crippen LogP contribution in [0, 0.1) is 0 Å². The predicted molar refractivity (Wildman–Crippen MR) is 91.7 cm³/mol. The Kier molecular flexibility index (Phi) is 3.53. The van der Waals surface area contributed by atoms with E-state index >= 15 is 0 Å². The minimum Gasteiger partial charge on any atom is -0.293 e. The molecule has 2 aromatic heterocycles. The van der Waals surface area contributed by atoms with Gasteiger partial charge < -0.3 is 0 Å². The summed E-state index contributed by atoms with van der Waals surface area (Å²) in [5.74, 6) is 2.19. The van der Waals surface area contributed by atoms with E-state index in [0.29, 0.717) is 6.04 Å². The number of thiophene rings is 1. The number of rotatable bonds is 1. The number of anilines is 1. The van der Waals surface area contributed by atoms with Gasteiger partial charge >= 0.3 is 0 Å². The number of fused-ring (bicyclic) bond motifs is 2. The first-order valence-corrected chi connectivity index (χ1v) is 9.64. The van der Waals surface area contributed by atoms with Crippen LogP contribution in [-0.4, -0.2) is 27.5 Å². The van der Waals surface area contributed by atoms with E-state index < -0.39 is 0 Å². The van der Waals surface area contributed by atoms with Crippen LogP contribution in [0.5, 0.6) is 0 Å². The highest BCUT2D eigenvalue weighted by Gasteiger charge is 2.38. The van der Waals surface area contributed by atoms with Crippen molar-refractivity contribution in [3.8, 4) is 0 Å². The molecule has 0 spiro atoms. The summed E-state index contributed by atoms with van der Waals surface area (Å²) in [6.45, 7) is 4.31. The fourth-order valence-corrected chi connectivity index (χ4v) is 5.91. The number of aryl methyl sites for hydroxylation is 1. The molecule has 0 bridgehead atoms. The van der Waals surface area contributed by atoms with Gasteiger partial charge in [0.25, 0.3) is 0 Å². The molecule has 0 N–H and O–H groups in total. The molecule has 0 saturated carbocycles. The first-order valence-electron chi connectivity index (χ1n) is 7.71. The van der Waals surface area contributed by atoms with Gasteiger partial charge in [0.1, 0.15) is 11.1 Å². The summed E-state index contributed by atoms with van der Waals surface area (Å²) in [7, 11) is 0. The zero-order chi connectivity index (χ0) is 15.3. The first-order chi connectivity index (χ1) is 10.7. The molecule has 4 rings (SSSR count). The molecule has 6 heteroatoms. The summed E-state index contributed by atoms with van der Waals surface area (Å²) in [5, 5.41) is 6.46. The normalized spacial score (nSPS) is 27.4. The standard InChI is InChI=1S/C16H19N3OS2/c1-10-9-11(2)19-14(3-6-17-19)18(10)16(20)15-12-4-7-21-13(12)5-8-22-15/h3-4,6-7,10-11,15H,5,8-9H2,1-2H3. The molecule has 0 aliphatic carbocycles. The number of carbonyl (C=O) groups excluding carboxylic acids is 1. The van der Waals surface area contributed by atoms with Crippen LogP contribution < -0.4 is 4.90 Å². The maximum atomic E-state index is 13.3. The van der Waals surface area contributed by atoms with E-state index in [0.717, 1.165) is 24.4 Å². The smallest absolute Gasteiger partial charge is 0.246 e. The van der Waals surface area contributed by atoms with Crippen molar-refractivity contribution in [1.82, 2.24) is 9.78 Å². The second kappa shape index (κ2) is 5.42. The molecule has 2 aliphatic rings. The molecule has 0 radical (unpaired) electrons. The molecule has 0 saturated heterocycles. The van der Waals surface area contributed by atoms with E-state index in [4.69, 9.17) is 0 Å². The lowest BCUT2D eigenvalue weighted by Gasteiger charge is -2.39. The largest absolute Gasteiger partial charge is 0.293 e. The van der Waals surface area contributed by atoms with Gasteiger partial charge in [0.2, 0.25) is 5.91 Å². The molecule has 0 aromatic carbocycles. The zero-order valence-electron chi connectivity index (χ0n) is 12.7. The number of aromatic nitrogens is 2. The van der Waals surface area contributed by atoms with E-state index in [2.05, 4.69) is 30.4 Å². The van der Waals surface area contributed by atoms with Crippen molar-refractivity contribution >= 4 is 34.8 Å². The van der Waals surface area contributed by atoms with Crippen molar-refractivity contribution in [2.24, 2.45) is 0 Å². The van der Waals surface area contributed by atoms with Gasteiger partial charge in [-0.2, -0.15) is 5.10 Å². The molecule has 3 atom stereocenters. The van der Waals surface area contributed by atoms with E-state index in [1.807, 2.05) is 15.6 Å². The average Bonchev–Trinajstić information content (AvgIpc) is 3.15. The molecular weight excluding hydrogens is 314 g/mol. The number of amides is 1. The first kappa shape index (κ1) is 14.3. The average molecular weight is 333 g/mol. The fraction of sp³-hybridized carbons (Fsp3) is 0.500. The molecule has 0 fully saturated rings. The Morgan fingerprint density at radius 1 is 1.32 bits per heavy atom. The molecule has 22 heavy (non-hydrogen) atoms. The molecular formula is C16H19N3OS2. The van der Waals surface area contributed by atoms with Gasteiger partial charge in [0, 0.05) is 17.0 Å². The number of hydrogen-bond donors (Lipinski definition) is 0. The summed E-state index contributed by atoms with van der Waals surface area (Å²) in [4.78, 5) is 16.6. The Hall–Kier alpha value is -1.27. The lowest BCUT2D eigenvalue weighted by molar-refractivity contribution is -0.119. The van der Waals surface area contributed by atoms with Gasteiger partial charge in [0.15, 0.2) is 0 Å². The van der Waals surface area contributed by atoms with Crippen molar-refractivity contribution < 1.29 is 4.79 Å². The van der Waals surface area contributed by atoms with Gasteiger partial charge in [-0.05, 0) is 49.5 Å². The zero-order valence-corrected chi connectivity index (χ0v) is 14.4. The van der Waals surface area contributed by atoms with Crippen LogP contribution in [0.15, 0.2) is 23.7 Å². The third-order valence-corrected chi connectivity index (χ3v) is 6.80. The van der Waals surface area contributed by atoms with E-state index in [-0.39, 0.29) is 17.2 Å². The van der Waals surface area contributed by atoms with Crippen LogP contribution in [0.3, 0.4) is 0 Å².